The third-order valence-corrected chi connectivity index (χ3v) is 3.47. The molecule has 0 bridgehead atoms. The molecule has 2 nitrogen and oxygen atoms in total. The van der Waals surface area contributed by atoms with Gasteiger partial charge in [0.15, 0.2) is 0 Å². The van der Waals surface area contributed by atoms with E-state index in [9.17, 15) is 0 Å². The van der Waals surface area contributed by atoms with Crippen molar-refractivity contribution in [1.82, 2.24) is 0 Å². The average molecular weight is 343 g/mol. The Hall–Kier alpha value is -1.08. The SMILES string of the molecule is CCNc1ccc2c(c1)[CH]c1cc(NCC)ccc1-2.[Zr]. The zero-order valence-electron chi connectivity index (χ0n) is 12.0. The fourth-order valence-corrected chi connectivity index (χ4v) is 2.65. The zero-order valence-corrected chi connectivity index (χ0v) is 14.4. The Labute approximate surface area is 140 Å². The van der Waals surface area contributed by atoms with Crippen LogP contribution in [0.1, 0.15) is 25.0 Å². The Kier molecular flexibility index (Phi) is 5.04. The molecule has 0 saturated carbocycles. The maximum atomic E-state index is 3.36. The van der Waals surface area contributed by atoms with E-state index in [2.05, 4.69) is 67.3 Å². The molecule has 2 N–H and O–H groups in total. The number of benzene rings is 2. The normalized spacial score (nSPS) is 11.3. The second-order valence-electron chi connectivity index (χ2n) is 4.81. The molecule has 1 radical (unpaired) electrons. The van der Waals surface area contributed by atoms with Crippen molar-refractivity contribution in [3.8, 4) is 11.1 Å². The molecule has 101 valence electrons. The van der Waals surface area contributed by atoms with E-state index in [0.717, 1.165) is 13.1 Å². The first-order valence-electron chi connectivity index (χ1n) is 6.92. The van der Waals surface area contributed by atoms with Crippen LogP contribution in [0.2, 0.25) is 0 Å². The van der Waals surface area contributed by atoms with Gasteiger partial charge in [-0.1, -0.05) is 12.1 Å². The molecule has 1 aliphatic carbocycles. The molecular formula is C17H19N2Zr. The van der Waals surface area contributed by atoms with E-state index in [1.54, 1.807) is 0 Å². The van der Waals surface area contributed by atoms with Crippen LogP contribution in [0.25, 0.3) is 11.1 Å². The van der Waals surface area contributed by atoms with Crippen LogP contribution in [0.4, 0.5) is 11.4 Å². The number of anilines is 2. The summed E-state index contributed by atoms with van der Waals surface area (Å²) in [7, 11) is 0. The summed E-state index contributed by atoms with van der Waals surface area (Å²) in [5.74, 6) is 0. The van der Waals surface area contributed by atoms with Crippen molar-refractivity contribution in [3.63, 3.8) is 0 Å². The molecule has 2 aromatic carbocycles. The molecule has 0 unspecified atom stereocenters. The maximum Gasteiger partial charge on any atom is 0.0343 e. The molecule has 0 spiro atoms. The fraction of sp³-hybridized carbons (Fsp3) is 0.235. The van der Waals surface area contributed by atoms with E-state index in [-0.39, 0.29) is 26.2 Å². The molecule has 0 aromatic heterocycles. The third-order valence-electron chi connectivity index (χ3n) is 3.47. The molecule has 2 aromatic rings. The van der Waals surface area contributed by atoms with Crippen molar-refractivity contribution in [1.29, 1.82) is 0 Å². The van der Waals surface area contributed by atoms with Gasteiger partial charge in [-0.15, -0.1) is 0 Å². The summed E-state index contributed by atoms with van der Waals surface area (Å²) >= 11 is 0. The van der Waals surface area contributed by atoms with Crippen LogP contribution in [0.15, 0.2) is 36.4 Å². The van der Waals surface area contributed by atoms with Gasteiger partial charge in [0.1, 0.15) is 0 Å². The zero-order chi connectivity index (χ0) is 13.2. The molecular weight excluding hydrogens is 323 g/mol. The van der Waals surface area contributed by atoms with Crippen molar-refractivity contribution in [2.45, 2.75) is 13.8 Å². The van der Waals surface area contributed by atoms with Gasteiger partial charge in [-0.05, 0) is 60.4 Å². The molecule has 3 heteroatoms. The predicted molar refractivity (Wildman–Crippen MR) is 82.7 cm³/mol. The Balaban J connectivity index is 0.00000147. The van der Waals surface area contributed by atoms with E-state index < -0.39 is 0 Å². The van der Waals surface area contributed by atoms with Gasteiger partial charge in [-0.25, -0.2) is 0 Å². The predicted octanol–water partition coefficient (Wildman–Crippen LogP) is 4.13. The summed E-state index contributed by atoms with van der Waals surface area (Å²) in [4.78, 5) is 0. The molecule has 0 amide bonds. The van der Waals surface area contributed by atoms with Crippen molar-refractivity contribution < 1.29 is 26.2 Å². The summed E-state index contributed by atoms with van der Waals surface area (Å²) in [5, 5.41) is 6.73. The van der Waals surface area contributed by atoms with E-state index >= 15 is 0 Å². The molecule has 0 saturated heterocycles. The standard InChI is InChI=1S/C17H19N2.Zr/c1-3-18-14-5-7-16-12(10-14)9-13-11-15(19-4-2)6-8-17(13)16;/h5-11,18-19H,3-4H2,1-2H3;. The van der Waals surface area contributed by atoms with Gasteiger partial charge in [0.05, 0.1) is 0 Å². The summed E-state index contributed by atoms with van der Waals surface area (Å²) in [6.07, 6.45) is 2.27. The van der Waals surface area contributed by atoms with Crippen LogP contribution < -0.4 is 10.6 Å². The first-order valence-corrected chi connectivity index (χ1v) is 6.92. The molecule has 20 heavy (non-hydrogen) atoms. The number of hydrogen-bond donors (Lipinski definition) is 2. The molecule has 0 fully saturated rings. The van der Waals surface area contributed by atoms with E-state index in [4.69, 9.17) is 0 Å². The average Bonchev–Trinajstić information content (AvgIpc) is 2.76. The summed E-state index contributed by atoms with van der Waals surface area (Å²) in [6, 6.07) is 13.2. The summed E-state index contributed by atoms with van der Waals surface area (Å²) < 4.78 is 0. The topological polar surface area (TPSA) is 24.1 Å². The minimum absolute atomic E-state index is 0. The number of fused-ring (bicyclic) bond motifs is 3. The van der Waals surface area contributed by atoms with Crippen LogP contribution in [-0.4, -0.2) is 13.1 Å². The van der Waals surface area contributed by atoms with Gasteiger partial charge in [0.2, 0.25) is 0 Å². The van der Waals surface area contributed by atoms with E-state index in [0.29, 0.717) is 0 Å². The molecule has 0 heterocycles. The van der Waals surface area contributed by atoms with Gasteiger partial charge in [0.25, 0.3) is 0 Å². The van der Waals surface area contributed by atoms with Crippen molar-refractivity contribution in [2.24, 2.45) is 0 Å². The van der Waals surface area contributed by atoms with Crippen LogP contribution in [0.3, 0.4) is 0 Å². The minimum atomic E-state index is 0. The van der Waals surface area contributed by atoms with Gasteiger partial charge in [-0.2, -0.15) is 0 Å². The van der Waals surface area contributed by atoms with Gasteiger partial charge >= 0.3 is 0 Å². The Morgan fingerprint density at radius 2 is 1.20 bits per heavy atom. The first kappa shape index (κ1) is 15.3. The molecule has 0 atom stereocenters. The number of nitrogens with one attached hydrogen (secondary N) is 2. The van der Waals surface area contributed by atoms with Crippen molar-refractivity contribution in [3.05, 3.63) is 53.9 Å². The molecule has 1 aliphatic rings. The largest absolute Gasteiger partial charge is 0.385 e. The Morgan fingerprint density at radius 3 is 1.60 bits per heavy atom. The second kappa shape index (κ2) is 6.58. The van der Waals surface area contributed by atoms with Gasteiger partial charge in [-0.3, -0.25) is 0 Å². The third kappa shape index (κ3) is 2.83. The number of rotatable bonds is 4. The van der Waals surface area contributed by atoms with Crippen LogP contribution in [0.5, 0.6) is 0 Å². The monoisotopic (exact) mass is 341 g/mol. The maximum absolute atomic E-state index is 3.36. The molecule has 3 rings (SSSR count). The fourth-order valence-electron chi connectivity index (χ4n) is 2.65. The van der Waals surface area contributed by atoms with Crippen LogP contribution >= 0.6 is 0 Å². The van der Waals surface area contributed by atoms with Gasteiger partial charge < -0.3 is 10.6 Å². The minimum Gasteiger partial charge on any atom is -0.385 e. The summed E-state index contributed by atoms with van der Waals surface area (Å²) in [5.41, 5.74) is 7.66. The van der Waals surface area contributed by atoms with Crippen molar-refractivity contribution >= 4 is 11.4 Å². The Bertz CT molecular complexity index is 554. The Morgan fingerprint density at radius 1 is 0.750 bits per heavy atom. The second-order valence-corrected chi connectivity index (χ2v) is 4.81. The van der Waals surface area contributed by atoms with E-state index in [1.165, 1.54) is 33.6 Å². The van der Waals surface area contributed by atoms with Crippen LogP contribution in [-0.2, 0) is 26.2 Å². The molecule has 0 aliphatic heterocycles. The summed E-state index contributed by atoms with van der Waals surface area (Å²) in [6.45, 7) is 6.15. The first-order chi connectivity index (χ1) is 9.31. The van der Waals surface area contributed by atoms with Gasteiger partial charge in [0, 0.05) is 57.1 Å². The quantitative estimate of drug-likeness (QED) is 0.745. The van der Waals surface area contributed by atoms with E-state index in [1.807, 2.05) is 0 Å². The number of hydrogen-bond acceptors (Lipinski definition) is 2. The smallest absolute Gasteiger partial charge is 0.0343 e. The van der Waals surface area contributed by atoms with Crippen molar-refractivity contribution in [2.75, 3.05) is 23.7 Å². The van der Waals surface area contributed by atoms with Crippen LogP contribution in [0, 0.1) is 6.42 Å².